The van der Waals surface area contributed by atoms with Crippen LogP contribution >= 0.6 is 34.5 Å². The van der Waals surface area contributed by atoms with Crippen LogP contribution in [0.25, 0.3) is 0 Å². The summed E-state index contributed by atoms with van der Waals surface area (Å²) >= 11 is 12.7. The first-order valence-electron chi connectivity index (χ1n) is 3.14. The average Bonchev–Trinajstić information content (AvgIpc) is 2.30. The van der Waals surface area contributed by atoms with Gasteiger partial charge in [0.1, 0.15) is 0 Å². The average molecular weight is 225 g/mol. The lowest BCUT2D eigenvalue weighted by Crippen LogP contribution is -2.03. The highest BCUT2D eigenvalue weighted by atomic mass is 35.5. The van der Waals surface area contributed by atoms with Gasteiger partial charge in [0, 0.05) is 0 Å². The quantitative estimate of drug-likeness (QED) is 0.723. The number of carbonyl (C=O) groups excluding carboxylic acids is 1. The Labute approximate surface area is 84.0 Å². The van der Waals surface area contributed by atoms with Crippen molar-refractivity contribution in [3.05, 3.63) is 20.3 Å². The number of hydrogen-bond acceptors (Lipinski definition) is 3. The third-order valence-corrected chi connectivity index (χ3v) is 2.86. The molecule has 1 aromatic heterocycles. The SMILES string of the molecule is COC(=O)Cc1cc(Cl)sc1Cl. The molecular formula is C7H6Cl2O2S. The van der Waals surface area contributed by atoms with Crippen molar-refractivity contribution in [2.75, 3.05) is 7.11 Å². The molecule has 0 aliphatic carbocycles. The van der Waals surface area contributed by atoms with Crippen molar-refractivity contribution in [2.24, 2.45) is 0 Å². The molecule has 0 bridgehead atoms. The molecule has 0 aliphatic rings. The zero-order valence-electron chi connectivity index (χ0n) is 6.27. The van der Waals surface area contributed by atoms with Crippen LogP contribution in [0.4, 0.5) is 0 Å². The summed E-state index contributed by atoms with van der Waals surface area (Å²) in [5, 5.41) is 0. The highest BCUT2D eigenvalue weighted by Crippen LogP contribution is 2.31. The van der Waals surface area contributed by atoms with E-state index in [2.05, 4.69) is 4.74 Å². The van der Waals surface area contributed by atoms with Crippen LogP contribution in [0.15, 0.2) is 6.07 Å². The molecule has 0 amide bonds. The van der Waals surface area contributed by atoms with E-state index in [4.69, 9.17) is 23.2 Å². The molecule has 1 heterocycles. The largest absolute Gasteiger partial charge is 0.469 e. The number of methoxy groups -OCH3 is 1. The molecule has 0 aliphatic heterocycles. The van der Waals surface area contributed by atoms with Gasteiger partial charge in [0.2, 0.25) is 0 Å². The lowest BCUT2D eigenvalue weighted by Gasteiger charge is -1.95. The fraction of sp³-hybridized carbons (Fsp3) is 0.286. The molecule has 0 spiro atoms. The van der Waals surface area contributed by atoms with Gasteiger partial charge in [0.05, 0.1) is 22.2 Å². The Morgan fingerprint density at radius 3 is 2.75 bits per heavy atom. The normalized spacial score (nSPS) is 9.92. The molecule has 0 aromatic carbocycles. The maximum atomic E-state index is 10.8. The van der Waals surface area contributed by atoms with Gasteiger partial charge in [0.15, 0.2) is 0 Å². The van der Waals surface area contributed by atoms with Gasteiger partial charge in [-0.1, -0.05) is 23.2 Å². The molecule has 1 aromatic rings. The smallest absolute Gasteiger partial charge is 0.310 e. The van der Waals surface area contributed by atoms with E-state index < -0.39 is 0 Å². The summed E-state index contributed by atoms with van der Waals surface area (Å²) in [5.74, 6) is -0.314. The van der Waals surface area contributed by atoms with Crippen LogP contribution in [0.2, 0.25) is 8.67 Å². The Balaban J connectivity index is 2.75. The summed E-state index contributed by atoms with van der Waals surface area (Å²) in [6, 6.07) is 1.67. The van der Waals surface area contributed by atoms with E-state index in [0.29, 0.717) is 8.67 Å². The first-order chi connectivity index (χ1) is 5.63. The van der Waals surface area contributed by atoms with Crippen molar-refractivity contribution in [2.45, 2.75) is 6.42 Å². The van der Waals surface area contributed by atoms with Gasteiger partial charge >= 0.3 is 5.97 Å². The van der Waals surface area contributed by atoms with Crippen molar-refractivity contribution in [3.8, 4) is 0 Å². The van der Waals surface area contributed by atoms with Gasteiger partial charge in [-0.15, -0.1) is 11.3 Å². The van der Waals surface area contributed by atoms with Gasteiger partial charge in [-0.25, -0.2) is 0 Å². The molecule has 0 saturated carbocycles. The van der Waals surface area contributed by atoms with Crippen LogP contribution in [0.1, 0.15) is 5.56 Å². The van der Waals surface area contributed by atoms with E-state index in [-0.39, 0.29) is 12.4 Å². The predicted molar refractivity (Wildman–Crippen MR) is 50.1 cm³/mol. The number of esters is 1. The Hall–Kier alpha value is -0.250. The topological polar surface area (TPSA) is 26.3 Å². The number of thiophene rings is 1. The molecule has 2 nitrogen and oxygen atoms in total. The highest BCUT2D eigenvalue weighted by molar-refractivity contribution is 7.20. The third-order valence-electron chi connectivity index (χ3n) is 1.29. The number of rotatable bonds is 2. The van der Waals surface area contributed by atoms with Crippen LogP contribution in [0.5, 0.6) is 0 Å². The molecule has 0 fully saturated rings. The van der Waals surface area contributed by atoms with Crippen LogP contribution < -0.4 is 0 Å². The maximum Gasteiger partial charge on any atom is 0.310 e. The molecule has 0 radical (unpaired) electrons. The molecule has 1 rings (SSSR count). The van der Waals surface area contributed by atoms with E-state index in [0.717, 1.165) is 5.56 Å². The van der Waals surface area contributed by atoms with Crippen molar-refractivity contribution in [1.29, 1.82) is 0 Å². The zero-order valence-corrected chi connectivity index (χ0v) is 8.59. The van der Waals surface area contributed by atoms with Crippen LogP contribution in [0, 0.1) is 0 Å². The zero-order chi connectivity index (χ0) is 9.14. The third kappa shape index (κ3) is 2.37. The van der Waals surface area contributed by atoms with E-state index >= 15 is 0 Å². The Morgan fingerprint density at radius 2 is 2.33 bits per heavy atom. The Bertz CT molecular complexity index is 296. The number of halogens is 2. The molecule has 5 heteroatoms. The summed E-state index contributed by atoms with van der Waals surface area (Å²) in [6.45, 7) is 0. The summed E-state index contributed by atoms with van der Waals surface area (Å²) in [6.07, 6.45) is 0.179. The highest BCUT2D eigenvalue weighted by Gasteiger charge is 2.10. The van der Waals surface area contributed by atoms with Crippen LogP contribution in [0.3, 0.4) is 0 Å². The number of ether oxygens (including phenoxy) is 1. The van der Waals surface area contributed by atoms with E-state index in [9.17, 15) is 4.79 Å². The summed E-state index contributed by atoms with van der Waals surface area (Å²) in [4.78, 5) is 10.8. The van der Waals surface area contributed by atoms with E-state index in [1.807, 2.05) is 0 Å². The standard InChI is InChI=1S/C7H6Cl2O2S/c1-11-6(10)3-4-2-5(8)12-7(4)9/h2H,3H2,1H3. The van der Waals surface area contributed by atoms with Crippen LogP contribution in [-0.2, 0) is 16.0 Å². The molecule has 0 atom stereocenters. The monoisotopic (exact) mass is 224 g/mol. The summed E-state index contributed by atoms with van der Waals surface area (Å²) < 4.78 is 5.61. The molecule has 12 heavy (non-hydrogen) atoms. The molecule has 66 valence electrons. The molecular weight excluding hydrogens is 219 g/mol. The maximum absolute atomic E-state index is 10.8. The summed E-state index contributed by atoms with van der Waals surface area (Å²) in [5.41, 5.74) is 0.721. The molecule has 0 N–H and O–H groups in total. The van der Waals surface area contributed by atoms with Crippen molar-refractivity contribution >= 4 is 40.5 Å². The number of carbonyl (C=O) groups is 1. The van der Waals surface area contributed by atoms with Crippen molar-refractivity contribution in [3.63, 3.8) is 0 Å². The van der Waals surface area contributed by atoms with Gasteiger partial charge < -0.3 is 4.74 Å². The minimum Gasteiger partial charge on any atom is -0.469 e. The second kappa shape index (κ2) is 4.12. The minimum absolute atomic E-state index is 0.179. The van der Waals surface area contributed by atoms with Crippen LogP contribution in [-0.4, -0.2) is 13.1 Å². The molecule has 0 unspecified atom stereocenters. The first-order valence-corrected chi connectivity index (χ1v) is 4.71. The van der Waals surface area contributed by atoms with Crippen molar-refractivity contribution < 1.29 is 9.53 Å². The fourth-order valence-electron chi connectivity index (χ4n) is 0.723. The second-order valence-electron chi connectivity index (χ2n) is 2.10. The lowest BCUT2D eigenvalue weighted by atomic mass is 10.2. The van der Waals surface area contributed by atoms with Gasteiger partial charge in [-0.05, 0) is 11.6 Å². The predicted octanol–water partition coefficient (Wildman–Crippen LogP) is 2.77. The Morgan fingerprint density at radius 1 is 1.67 bits per heavy atom. The first kappa shape index (κ1) is 9.84. The van der Waals surface area contributed by atoms with Gasteiger partial charge in [0.25, 0.3) is 0 Å². The minimum atomic E-state index is -0.314. The molecule has 0 saturated heterocycles. The van der Waals surface area contributed by atoms with Crippen molar-refractivity contribution in [1.82, 2.24) is 0 Å². The van der Waals surface area contributed by atoms with E-state index in [1.165, 1.54) is 18.4 Å². The second-order valence-corrected chi connectivity index (χ2v) is 4.39. The lowest BCUT2D eigenvalue weighted by molar-refractivity contribution is -0.139. The fourth-order valence-corrected chi connectivity index (χ4v) is 2.21. The number of hydrogen-bond donors (Lipinski definition) is 0. The van der Waals surface area contributed by atoms with E-state index in [1.54, 1.807) is 6.07 Å². The Kier molecular flexibility index (Phi) is 3.38. The van der Waals surface area contributed by atoms with Gasteiger partial charge in [-0.2, -0.15) is 0 Å². The summed E-state index contributed by atoms with van der Waals surface area (Å²) in [7, 11) is 1.34. The van der Waals surface area contributed by atoms with Gasteiger partial charge in [-0.3, -0.25) is 4.79 Å².